The highest BCUT2D eigenvalue weighted by Gasteiger charge is 2.29. The monoisotopic (exact) mass is 352 g/mol. The third-order valence-corrected chi connectivity index (χ3v) is 5.30. The highest BCUT2D eigenvalue weighted by molar-refractivity contribution is 5.86. The molecule has 0 spiro atoms. The molecule has 136 valence electrons. The van der Waals surface area contributed by atoms with Crippen LogP contribution in [0, 0.1) is 6.92 Å². The second-order valence-corrected chi connectivity index (χ2v) is 7.34. The van der Waals surface area contributed by atoms with Crippen molar-refractivity contribution in [2.45, 2.75) is 45.2 Å². The summed E-state index contributed by atoms with van der Waals surface area (Å²) >= 11 is 0. The lowest BCUT2D eigenvalue weighted by atomic mass is 10.1. The van der Waals surface area contributed by atoms with Crippen LogP contribution in [0.25, 0.3) is 16.6 Å². The predicted molar refractivity (Wildman–Crippen MR) is 99.9 cm³/mol. The van der Waals surface area contributed by atoms with Crippen molar-refractivity contribution >= 4 is 22.6 Å². The molecular weight excluding hydrogens is 328 g/mol. The average molecular weight is 352 g/mol. The Hall–Kier alpha value is -2.70. The summed E-state index contributed by atoms with van der Waals surface area (Å²) < 4.78 is 1.80. The van der Waals surface area contributed by atoms with Gasteiger partial charge in [0.1, 0.15) is 0 Å². The number of carbonyl (C=O) groups excluding carboxylic acids is 1. The number of rotatable bonds is 3. The van der Waals surface area contributed by atoms with E-state index in [1.54, 1.807) is 9.42 Å². The number of aryl methyl sites for hydroxylation is 1. The van der Waals surface area contributed by atoms with Gasteiger partial charge in [-0.15, -0.1) is 5.10 Å². The number of nitrogens with zero attached hydrogens (tertiary/aromatic N) is 6. The van der Waals surface area contributed by atoms with Gasteiger partial charge in [0, 0.05) is 31.1 Å². The number of pyridine rings is 1. The Kier molecular flexibility index (Phi) is 4.22. The van der Waals surface area contributed by atoms with Gasteiger partial charge in [-0.3, -0.25) is 0 Å². The number of para-hydroxylation sites is 1. The molecule has 0 radical (unpaired) electrons. The molecule has 4 rings (SSSR count). The summed E-state index contributed by atoms with van der Waals surface area (Å²) in [6.07, 6.45) is 4.49. The molecule has 0 N–H and O–H groups in total. The number of carbonyl (C=O) groups is 1. The molecule has 1 aliphatic carbocycles. The molecule has 7 nitrogen and oxygen atoms in total. The molecule has 26 heavy (non-hydrogen) atoms. The van der Waals surface area contributed by atoms with E-state index in [-0.39, 0.29) is 12.1 Å². The first kappa shape index (κ1) is 16.8. The molecule has 1 saturated carbocycles. The fraction of sp³-hybridized carbons (Fsp3) is 0.474. The van der Waals surface area contributed by atoms with E-state index in [9.17, 15) is 4.79 Å². The van der Waals surface area contributed by atoms with Gasteiger partial charge < -0.3 is 9.80 Å². The standard InChI is InChI=1S/C19H24N6O/c1-13-7-6-8-14-11-15(18-20-21-22-25(18)17(13)14)12-24(19(26)23(2)3)16-9-4-5-10-16/h6-8,11,16H,4-5,9-10,12H2,1-3H3. The number of tetrazole rings is 1. The largest absolute Gasteiger partial charge is 0.331 e. The minimum Gasteiger partial charge on any atom is -0.331 e. The number of aromatic nitrogens is 4. The van der Waals surface area contributed by atoms with Crippen LogP contribution in [0.3, 0.4) is 0 Å². The van der Waals surface area contributed by atoms with Gasteiger partial charge in [0.2, 0.25) is 0 Å². The molecule has 0 unspecified atom stereocenters. The molecule has 1 aliphatic rings. The minimum absolute atomic E-state index is 0.0480. The van der Waals surface area contributed by atoms with E-state index in [2.05, 4.69) is 40.6 Å². The zero-order valence-corrected chi connectivity index (χ0v) is 15.5. The van der Waals surface area contributed by atoms with Crippen molar-refractivity contribution in [1.82, 2.24) is 29.8 Å². The normalized spacial score (nSPS) is 15.0. The maximum absolute atomic E-state index is 12.8. The Morgan fingerprint density at radius 2 is 2.04 bits per heavy atom. The van der Waals surface area contributed by atoms with Crippen molar-refractivity contribution < 1.29 is 4.79 Å². The Morgan fingerprint density at radius 3 is 2.77 bits per heavy atom. The zero-order valence-electron chi connectivity index (χ0n) is 15.5. The van der Waals surface area contributed by atoms with Crippen LogP contribution in [-0.4, -0.2) is 56.0 Å². The van der Waals surface area contributed by atoms with Gasteiger partial charge in [0.15, 0.2) is 5.65 Å². The first-order valence-electron chi connectivity index (χ1n) is 9.13. The van der Waals surface area contributed by atoms with Crippen LogP contribution in [-0.2, 0) is 6.54 Å². The third kappa shape index (κ3) is 2.77. The van der Waals surface area contributed by atoms with E-state index >= 15 is 0 Å². The van der Waals surface area contributed by atoms with E-state index in [1.165, 1.54) is 12.8 Å². The Morgan fingerprint density at radius 1 is 1.27 bits per heavy atom. The molecule has 0 saturated heterocycles. The van der Waals surface area contributed by atoms with Gasteiger partial charge in [0.25, 0.3) is 0 Å². The van der Waals surface area contributed by atoms with E-state index in [1.807, 2.05) is 25.1 Å². The number of hydrogen-bond donors (Lipinski definition) is 0. The second-order valence-electron chi connectivity index (χ2n) is 7.34. The summed E-state index contributed by atoms with van der Waals surface area (Å²) in [6, 6.07) is 8.63. The Labute approximate surface area is 152 Å². The van der Waals surface area contributed by atoms with Crippen LogP contribution in [0.2, 0.25) is 0 Å². The summed E-state index contributed by atoms with van der Waals surface area (Å²) in [4.78, 5) is 16.5. The lowest BCUT2D eigenvalue weighted by molar-refractivity contribution is 0.146. The van der Waals surface area contributed by atoms with E-state index in [4.69, 9.17) is 0 Å². The Balaban J connectivity index is 1.81. The lowest BCUT2D eigenvalue weighted by Crippen LogP contribution is -2.44. The fourth-order valence-corrected chi connectivity index (χ4v) is 4.00. The average Bonchev–Trinajstić information content (AvgIpc) is 3.30. The number of hydrogen-bond acceptors (Lipinski definition) is 4. The van der Waals surface area contributed by atoms with Crippen LogP contribution in [0.4, 0.5) is 4.79 Å². The van der Waals surface area contributed by atoms with Crippen molar-refractivity contribution in [3.05, 3.63) is 35.4 Å². The van der Waals surface area contributed by atoms with Crippen LogP contribution in [0.15, 0.2) is 24.3 Å². The predicted octanol–water partition coefficient (Wildman–Crippen LogP) is 3.01. The Bertz CT molecular complexity index is 957. The molecule has 7 heteroatoms. The molecule has 2 aromatic heterocycles. The van der Waals surface area contributed by atoms with Crippen LogP contribution in [0.5, 0.6) is 0 Å². The van der Waals surface area contributed by atoms with Crippen LogP contribution >= 0.6 is 0 Å². The number of urea groups is 1. The van der Waals surface area contributed by atoms with Crippen molar-refractivity contribution in [2.24, 2.45) is 0 Å². The maximum Gasteiger partial charge on any atom is 0.320 e. The third-order valence-electron chi connectivity index (χ3n) is 5.30. The topological polar surface area (TPSA) is 66.6 Å². The van der Waals surface area contributed by atoms with Crippen molar-refractivity contribution in [3.8, 4) is 0 Å². The number of benzene rings is 1. The van der Waals surface area contributed by atoms with Gasteiger partial charge in [-0.25, -0.2) is 4.79 Å². The lowest BCUT2D eigenvalue weighted by Gasteiger charge is -2.31. The van der Waals surface area contributed by atoms with Crippen LogP contribution in [0.1, 0.15) is 36.8 Å². The van der Waals surface area contributed by atoms with Gasteiger partial charge in [-0.05, 0) is 41.8 Å². The zero-order chi connectivity index (χ0) is 18.3. The molecule has 0 bridgehead atoms. The summed E-state index contributed by atoms with van der Waals surface area (Å²) in [5.41, 5.74) is 3.85. The molecule has 3 aromatic rings. The smallest absolute Gasteiger partial charge is 0.320 e. The molecule has 2 heterocycles. The second kappa shape index (κ2) is 6.55. The van der Waals surface area contributed by atoms with E-state index in [0.29, 0.717) is 6.54 Å². The first-order valence-corrected chi connectivity index (χ1v) is 9.13. The minimum atomic E-state index is 0.0480. The molecule has 0 aliphatic heterocycles. The summed E-state index contributed by atoms with van der Waals surface area (Å²) in [5.74, 6) is 0. The summed E-state index contributed by atoms with van der Waals surface area (Å²) in [7, 11) is 3.62. The fourth-order valence-electron chi connectivity index (χ4n) is 4.00. The molecular formula is C19H24N6O. The van der Waals surface area contributed by atoms with Crippen molar-refractivity contribution in [3.63, 3.8) is 0 Å². The molecule has 2 amide bonds. The molecule has 0 atom stereocenters. The molecule has 1 fully saturated rings. The number of fused-ring (bicyclic) bond motifs is 3. The van der Waals surface area contributed by atoms with Crippen LogP contribution < -0.4 is 0 Å². The SMILES string of the molecule is Cc1cccc2cc(CN(C(=O)N(C)C)C3CCCC3)c3nnnn3c12. The van der Waals surface area contributed by atoms with Gasteiger partial charge >= 0.3 is 6.03 Å². The van der Waals surface area contributed by atoms with Gasteiger partial charge in [0.05, 0.1) is 12.1 Å². The summed E-state index contributed by atoms with van der Waals surface area (Å²) in [5, 5.41) is 13.4. The van der Waals surface area contributed by atoms with Crippen molar-refractivity contribution in [2.75, 3.05) is 14.1 Å². The maximum atomic E-state index is 12.8. The highest BCUT2D eigenvalue weighted by atomic mass is 16.2. The first-order chi connectivity index (χ1) is 12.6. The molecule has 1 aromatic carbocycles. The van der Waals surface area contributed by atoms with Gasteiger partial charge in [-0.2, -0.15) is 4.52 Å². The number of amides is 2. The highest BCUT2D eigenvalue weighted by Crippen LogP contribution is 2.28. The summed E-state index contributed by atoms with van der Waals surface area (Å²) in [6.45, 7) is 2.58. The quantitative estimate of drug-likeness (QED) is 0.727. The van der Waals surface area contributed by atoms with E-state index in [0.717, 1.165) is 40.5 Å². The van der Waals surface area contributed by atoms with E-state index < -0.39 is 0 Å². The van der Waals surface area contributed by atoms with Crippen molar-refractivity contribution in [1.29, 1.82) is 0 Å². The van der Waals surface area contributed by atoms with Gasteiger partial charge in [-0.1, -0.05) is 31.0 Å².